The van der Waals surface area contributed by atoms with Crippen LogP contribution in [-0.2, 0) is 20.7 Å². The van der Waals surface area contributed by atoms with Gasteiger partial charge in [0.1, 0.15) is 23.4 Å². The maximum Gasteiger partial charge on any atom is 0.408 e. The summed E-state index contributed by atoms with van der Waals surface area (Å²) in [6.07, 6.45) is 0.915. The van der Waals surface area contributed by atoms with E-state index in [0.29, 0.717) is 11.3 Å². The molecule has 4 aromatic rings. The maximum atomic E-state index is 14.5. The number of hydrogen-bond donors (Lipinski definition) is 3. The highest BCUT2D eigenvalue weighted by Gasteiger charge is 2.44. The third-order valence-electron chi connectivity index (χ3n) is 7.50. The largest absolute Gasteiger partial charge is 0.508 e. The summed E-state index contributed by atoms with van der Waals surface area (Å²) in [4.78, 5) is 43.3. The molecule has 5 rings (SSSR count). The molecular weight excluding hydrogens is 554 g/mol. The third-order valence-corrected chi connectivity index (χ3v) is 7.50. The first-order chi connectivity index (χ1) is 21.0. The van der Waals surface area contributed by atoms with Crippen molar-refractivity contribution in [2.24, 2.45) is 0 Å². The molecule has 228 valence electrons. The Balaban J connectivity index is 1.50. The summed E-state index contributed by atoms with van der Waals surface area (Å²) in [5.74, 6) is -0.628. The Hall–Kier alpha value is -4.85. The van der Waals surface area contributed by atoms with Crippen LogP contribution < -0.4 is 10.6 Å². The molecule has 44 heavy (non-hydrogen) atoms. The molecule has 2 atom stereocenters. The van der Waals surface area contributed by atoms with E-state index in [2.05, 4.69) is 10.6 Å². The lowest BCUT2D eigenvalue weighted by Gasteiger charge is -2.35. The van der Waals surface area contributed by atoms with Gasteiger partial charge in [-0.1, -0.05) is 72.3 Å². The van der Waals surface area contributed by atoms with Gasteiger partial charge in [-0.15, -0.1) is 0 Å². The molecule has 0 bridgehead atoms. The number of fused-ring (bicyclic) bond motifs is 1. The molecule has 2 unspecified atom stereocenters. The van der Waals surface area contributed by atoms with Crippen molar-refractivity contribution < 1.29 is 24.2 Å². The number of carbonyl (C=O) groups is 3. The van der Waals surface area contributed by atoms with Crippen molar-refractivity contribution in [1.82, 2.24) is 10.2 Å². The van der Waals surface area contributed by atoms with Crippen LogP contribution in [0.1, 0.15) is 56.3 Å². The van der Waals surface area contributed by atoms with Crippen molar-refractivity contribution in [3.8, 4) is 5.75 Å². The Morgan fingerprint density at radius 3 is 2.20 bits per heavy atom. The molecule has 1 fully saturated rings. The van der Waals surface area contributed by atoms with Crippen LogP contribution in [-0.4, -0.2) is 45.6 Å². The molecule has 1 aliphatic rings. The number of ether oxygens (including phenoxy) is 1. The van der Waals surface area contributed by atoms with E-state index in [1.807, 2.05) is 73.7 Å². The van der Waals surface area contributed by atoms with Crippen LogP contribution in [0.15, 0.2) is 91.0 Å². The number of phenolic OH excluding ortho intramolecular Hbond substituents is 1. The molecule has 8 nitrogen and oxygen atoms in total. The van der Waals surface area contributed by atoms with Gasteiger partial charge in [0, 0.05) is 18.2 Å². The lowest BCUT2D eigenvalue weighted by Crippen LogP contribution is -2.54. The van der Waals surface area contributed by atoms with E-state index in [1.54, 1.807) is 37.8 Å². The summed E-state index contributed by atoms with van der Waals surface area (Å²) in [7, 11) is 0. The van der Waals surface area contributed by atoms with Crippen LogP contribution in [0.3, 0.4) is 0 Å². The number of aromatic hydroxyl groups is 1. The molecule has 0 heterocycles. The highest BCUT2D eigenvalue weighted by Crippen LogP contribution is 2.37. The quantitative estimate of drug-likeness (QED) is 0.201. The van der Waals surface area contributed by atoms with Gasteiger partial charge in [0.05, 0.1) is 0 Å². The van der Waals surface area contributed by atoms with Gasteiger partial charge in [-0.05, 0) is 86.7 Å². The topological polar surface area (TPSA) is 108 Å². The van der Waals surface area contributed by atoms with Crippen molar-refractivity contribution in [2.45, 2.75) is 70.7 Å². The zero-order chi connectivity index (χ0) is 31.4. The van der Waals surface area contributed by atoms with Crippen LogP contribution >= 0.6 is 0 Å². The average Bonchev–Trinajstić information content (AvgIpc) is 3.81. The van der Waals surface area contributed by atoms with Crippen LogP contribution in [0.25, 0.3) is 10.8 Å². The van der Waals surface area contributed by atoms with Crippen molar-refractivity contribution >= 4 is 34.4 Å². The lowest BCUT2D eigenvalue weighted by atomic mass is 9.99. The predicted octanol–water partition coefficient (Wildman–Crippen LogP) is 6.66. The first-order valence-corrected chi connectivity index (χ1v) is 14.9. The van der Waals surface area contributed by atoms with Crippen LogP contribution in [0.5, 0.6) is 5.75 Å². The molecular formula is C36H39N3O5. The lowest BCUT2D eigenvalue weighted by molar-refractivity contribution is -0.141. The van der Waals surface area contributed by atoms with E-state index in [-0.39, 0.29) is 30.0 Å². The second kappa shape index (κ2) is 12.8. The second-order valence-electron chi connectivity index (χ2n) is 12.4. The number of nitrogens with zero attached hydrogens (tertiary/aromatic N) is 1. The zero-order valence-electron chi connectivity index (χ0n) is 25.5. The molecule has 1 saturated carbocycles. The summed E-state index contributed by atoms with van der Waals surface area (Å²) in [6.45, 7) is 7.23. The summed E-state index contributed by atoms with van der Waals surface area (Å²) in [5, 5.41) is 17.7. The Morgan fingerprint density at radius 2 is 1.57 bits per heavy atom. The average molecular weight is 594 g/mol. The van der Waals surface area contributed by atoms with Crippen molar-refractivity contribution in [3.63, 3.8) is 0 Å². The molecule has 1 aliphatic carbocycles. The fourth-order valence-corrected chi connectivity index (χ4v) is 5.23. The monoisotopic (exact) mass is 593 g/mol. The maximum absolute atomic E-state index is 14.5. The van der Waals surface area contributed by atoms with E-state index >= 15 is 0 Å². The fourth-order valence-electron chi connectivity index (χ4n) is 5.23. The van der Waals surface area contributed by atoms with E-state index in [0.717, 1.165) is 34.7 Å². The number of nitrogens with one attached hydrogen (secondary N) is 2. The molecule has 0 saturated heterocycles. The number of carbonyl (C=O) groups excluding carboxylic acids is 3. The van der Waals surface area contributed by atoms with Crippen LogP contribution in [0.4, 0.5) is 10.5 Å². The predicted molar refractivity (Wildman–Crippen MR) is 171 cm³/mol. The smallest absolute Gasteiger partial charge is 0.408 e. The first kappa shape index (κ1) is 30.6. The van der Waals surface area contributed by atoms with Crippen LogP contribution in [0, 0.1) is 6.92 Å². The molecule has 0 aliphatic heterocycles. The molecule has 3 amide bonds. The van der Waals surface area contributed by atoms with Gasteiger partial charge in [0.2, 0.25) is 5.91 Å². The molecule has 0 radical (unpaired) electrons. The highest BCUT2D eigenvalue weighted by molar-refractivity contribution is 6.00. The standard InChI is InChI=1S/C36H39N3O5/c1-23-9-13-26(14-10-23)32(33(41)37-28-16-15-25-7-5-6-8-27(25)22-28)39(29-17-18-29)34(42)31(38-35(43)44-36(2,3)4)21-24-11-19-30(40)20-12-24/h5-16,19-20,22,29,31-32,40H,17-18,21H2,1-4H3,(H,37,41)(H,38,43). The van der Waals surface area contributed by atoms with E-state index < -0.39 is 23.8 Å². The van der Waals surface area contributed by atoms with Gasteiger partial charge in [0.25, 0.3) is 5.91 Å². The Labute approximate surface area is 258 Å². The third kappa shape index (κ3) is 7.75. The number of alkyl carbamates (subject to hydrolysis) is 1. The highest BCUT2D eigenvalue weighted by atomic mass is 16.6. The number of benzene rings is 4. The minimum absolute atomic E-state index is 0.0983. The number of rotatable bonds is 9. The Bertz CT molecular complexity index is 1640. The van der Waals surface area contributed by atoms with Gasteiger partial charge < -0.3 is 25.4 Å². The number of hydrogen-bond acceptors (Lipinski definition) is 5. The van der Waals surface area contributed by atoms with Crippen molar-refractivity contribution in [1.29, 1.82) is 0 Å². The number of anilines is 1. The van der Waals surface area contributed by atoms with Gasteiger partial charge in [-0.3, -0.25) is 9.59 Å². The number of amides is 3. The minimum Gasteiger partial charge on any atom is -0.508 e. The van der Waals surface area contributed by atoms with Gasteiger partial charge in [0.15, 0.2) is 0 Å². The molecule has 3 N–H and O–H groups in total. The van der Waals surface area contributed by atoms with E-state index in [1.165, 1.54) is 12.1 Å². The summed E-state index contributed by atoms with van der Waals surface area (Å²) in [5.41, 5.74) is 2.30. The molecule has 4 aromatic carbocycles. The Kier molecular flexibility index (Phi) is 8.90. The first-order valence-electron chi connectivity index (χ1n) is 14.9. The molecule has 0 aromatic heterocycles. The number of phenols is 1. The van der Waals surface area contributed by atoms with Gasteiger partial charge in [-0.2, -0.15) is 0 Å². The van der Waals surface area contributed by atoms with Gasteiger partial charge in [-0.25, -0.2) is 4.79 Å². The SMILES string of the molecule is Cc1ccc(C(C(=O)Nc2ccc3ccccc3c2)N(C(=O)C(Cc2ccc(O)cc2)NC(=O)OC(C)(C)C)C2CC2)cc1. The second-order valence-corrected chi connectivity index (χ2v) is 12.4. The minimum atomic E-state index is -1.02. The molecule has 0 spiro atoms. The van der Waals surface area contributed by atoms with E-state index in [9.17, 15) is 19.5 Å². The van der Waals surface area contributed by atoms with Gasteiger partial charge >= 0.3 is 6.09 Å². The zero-order valence-corrected chi connectivity index (χ0v) is 25.5. The van der Waals surface area contributed by atoms with Crippen molar-refractivity contribution in [2.75, 3.05) is 5.32 Å². The van der Waals surface area contributed by atoms with E-state index in [4.69, 9.17) is 4.74 Å². The summed E-state index contributed by atoms with van der Waals surface area (Å²) >= 11 is 0. The number of aryl methyl sites for hydroxylation is 1. The fraction of sp³-hybridized carbons (Fsp3) is 0.306. The summed E-state index contributed by atoms with van der Waals surface area (Å²) < 4.78 is 5.51. The molecule has 8 heteroatoms. The normalized spacial score (nSPS) is 14.4. The summed E-state index contributed by atoms with van der Waals surface area (Å²) in [6, 6.07) is 25.6. The Morgan fingerprint density at radius 1 is 0.909 bits per heavy atom. The van der Waals surface area contributed by atoms with Crippen molar-refractivity contribution in [3.05, 3.63) is 108 Å². The van der Waals surface area contributed by atoms with Crippen LogP contribution in [0.2, 0.25) is 0 Å².